The molecule has 2 aliphatic rings. The molecular formula is C26H32N2O4. The average Bonchev–Trinajstić information content (AvgIpc) is 3.51. The summed E-state index contributed by atoms with van der Waals surface area (Å²) in [5.41, 5.74) is 2.20. The molecule has 0 N–H and O–H groups in total. The van der Waals surface area contributed by atoms with Crippen LogP contribution in [0.5, 0.6) is 5.75 Å². The van der Waals surface area contributed by atoms with E-state index in [1.165, 1.54) is 12.8 Å². The van der Waals surface area contributed by atoms with Crippen LogP contribution in [0.1, 0.15) is 58.9 Å². The lowest BCUT2D eigenvalue weighted by Gasteiger charge is -2.28. The van der Waals surface area contributed by atoms with Crippen molar-refractivity contribution >= 4 is 11.9 Å². The molecule has 2 fully saturated rings. The SMILES string of the molecule is CCOC(=O)c1ccc(COc2ccc(C(=O)N3CCC[C@H]3CN3CCCC3)cc2)cc1. The maximum absolute atomic E-state index is 13.1. The molecule has 0 saturated carbocycles. The molecule has 32 heavy (non-hydrogen) atoms. The van der Waals surface area contributed by atoms with Crippen LogP contribution in [0.4, 0.5) is 0 Å². The van der Waals surface area contributed by atoms with E-state index in [-0.39, 0.29) is 11.9 Å². The zero-order valence-corrected chi connectivity index (χ0v) is 18.8. The first-order chi connectivity index (χ1) is 15.6. The summed E-state index contributed by atoms with van der Waals surface area (Å²) in [5, 5.41) is 0. The molecule has 1 amide bonds. The van der Waals surface area contributed by atoms with Crippen LogP contribution in [-0.4, -0.2) is 60.5 Å². The largest absolute Gasteiger partial charge is 0.489 e. The summed E-state index contributed by atoms with van der Waals surface area (Å²) in [6.45, 7) is 6.71. The van der Waals surface area contributed by atoms with Gasteiger partial charge in [0.1, 0.15) is 12.4 Å². The van der Waals surface area contributed by atoms with Crippen molar-refractivity contribution in [3.63, 3.8) is 0 Å². The predicted octanol–water partition coefficient (Wildman–Crippen LogP) is 4.14. The minimum atomic E-state index is -0.319. The Kier molecular flexibility index (Phi) is 7.43. The van der Waals surface area contributed by atoms with Crippen LogP contribution < -0.4 is 4.74 Å². The maximum Gasteiger partial charge on any atom is 0.338 e. The molecule has 1 atom stereocenters. The van der Waals surface area contributed by atoms with Gasteiger partial charge in [0.25, 0.3) is 5.91 Å². The summed E-state index contributed by atoms with van der Waals surface area (Å²) in [7, 11) is 0. The van der Waals surface area contributed by atoms with Crippen molar-refractivity contribution in [2.75, 3.05) is 32.8 Å². The monoisotopic (exact) mass is 436 g/mol. The molecule has 6 nitrogen and oxygen atoms in total. The van der Waals surface area contributed by atoms with Gasteiger partial charge in [0, 0.05) is 24.7 Å². The van der Waals surface area contributed by atoms with E-state index < -0.39 is 0 Å². The van der Waals surface area contributed by atoms with Gasteiger partial charge in [0.2, 0.25) is 0 Å². The van der Waals surface area contributed by atoms with E-state index in [2.05, 4.69) is 9.80 Å². The van der Waals surface area contributed by atoms with Gasteiger partial charge in [-0.15, -0.1) is 0 Å². The van der Waals surface area contributed by atoms with Gasteiger partial charge in [-0.3, -0.25) is 4.79 Å². The van der Waals surface area contributed by atoms with E-state index in [0.717, 1.165) is 44.6 Å². The third-order valence-corrected chi connectivity index (χ3v) is 6.28. The van der Waals surface area contributed by atoms with Crippen molar-refractivity contribution in [1.29, 1.82) is 0 Å². The van der Waals surface area contributed by atoms with Crippen LogP contribution >= 0.6 is 0 Å². The van der Waals surface area contributed by atoms with Crippen molar-refractivity contribution in [1.82, 2.24) is 9.80 Å². The lowest BCUT2D eigenvalue weighted by atomic mass is 10.1. The minimum absolute atomic E-state index is 0.118. The van der Waals surface area contributed by atoms with Gasteiger partial charge in [0.15, 0.2) is 0 Å². The highest BCUT2D eigenvalue weighted by atomic mass is 16.5. The highest BCUT2D eigenvalue weighted by Crippen LogP contribution is 2.24. The molecule has 0 aromatic heterocycles. The van der Waals surface area contributed by atoms with Crippen LogP contribution in [0.3, 0.4) is 0 Å². The van der Waals surface area contributed by atoms with Gasteiger partial charge in [-0.25, -0.2) is 4.79 Å². The Morgan fingerprint density at radius 1 is 0.906 bits per heavy atom. The van der Waals surface area contributed by atoms with E-state index in [1.54, 1.807) is 19.1 Å². The first kappa shape index (κ1) is 22.3. The second-order valence-corrected chi connectivity index (χ2v) is 8.53. The van der Waals surface area contributed by atoms with E-state index in [4.69, 9.17) is 9.47 Å². The summed E-state index contributed by atoms with van der Waals surface area (Å²) < 4.78 is 10.9. The van der Waals surface area contributed by atoms with Crippen LogP contribution in [0, 0.1) is 0 Å². The lowest BCUT2D eigenvalue weighted by Crippen LogP contribution is -2.42. The smallest absolute Gasteiger partial charge is 0.338 e. The average molecular weight is 437 g/mol. The molecule has 4 rings (SSSR count). The molecule has 170 valence electrons. The van der Waals surface area contributed by atoms with Crippen molar-refractivity contribution in [2.24, 2.45) is 0 Å². The number of nitrogens with zero attached hydrogens (tertiary/aromatic N) is 2. The summed E-state index contributed by atoms with van der Waals surface area (Å²) in [5.74, 6) is 0.514. The zero-order chi connectivity index (χ0) is 22.3. The second kappa shape index (κ2) is 10.6. The zero-order valence-electron chi connectivity index (χ0n) is 18.8. The fourth-order valence-electron chi connectivity index (χ4n) is 4.53. The number of carbonyl (C=O) groups is 2. The van der Waals surface area contributed by atoms with Crippen molar-refractivity contribution in [3.05, 3.63) is 65.2 Å². The number of esters is 1. The normalized spacial score (nSPS) is 18.7. The minimum Gasteiger partial charge on any atom is -0.489 e. The molecule has 0 aliphatic carbocycles. The van der Waals surface area contributed by atoms with Crippen LogP contribution in [0.25, 0.3) is 0 Å². The number of likely N-dealkylation sites (tertiary alicyclic amines) is 2. The molecule has 2 aromatic carbocycles. The number of hydrogen-bond acceptors (Lipinski definition) is 5. The fourth-order valence-corrected chi connectivity index (χ4v) is 4.53. The highest BCUT2D eigenvalue weighted by molar-refractivity contribution is 5.94. The number of amides is 1. The molecule has 2 heterocycles. The Labute approximate surface area is 190 Å². The van der Waals surface area contributed by atoms with Gasteiger partial charge in [-0.1, -0.05) is 12.1 Å². The Morgan fingerprint density at radius 2 is 1.59 bits per heavy atom. The van der Waals surface area contributed by atoms with Gasteiger partial charge in [-0.2, -0.15) is 0 Å². The Balaban J connectivity index is 1.30. The molecule has 2 aliphatic heterocycles. The Bertz CT molecular complexity index is 904. The van der Waals surface area contributed by atoms with Crippen LogP contribution in [-0.2, 0) is 11.3 Å². The second-order valence-electron chi connectivity index (χ2n) is 8.53. The highest BCUT2D eigenvalue weighted by Gasteiger charge is 2.31. The van der Waals surface area contributed by atoms with Crippen molar-refractivity contribution in [3.8, 4) is 5.75 Å². The fraction of sp³-hybridized carbons (Fsp3) is 0.462. The third kappa shape index (κ3) is 5.49. The number of ether oxygens (including phenoxy) is 2. The summed E-state index contributed by atoms with van der Waals surface area (Å²) >= 11 is 0. The molecular weight excluding hydrogens is 404 g/mol. The Morgan fingerprint density at radius 3 is 2.28 bits per heavy atom. The summed E-state index contributed by atoms with van der Waals surface area (Å²) in [6, 6.07) is 14.9. The van der Waals surface area contributed by atoms with Gasteiger partial charge in [-0.05, 0) is 87.7 Å². The van der Waals surface area contributed by atoms with Crippen molar-refractivity contribution in [2.45, 2.75) is 45.3 Å². The molecule has 2 saturated heterocycles. The topological polar surface area (TPSA) is 59.1 Å². The molecule has 2 aromatic rings. The number of benzene rings is 2. The summed E-state index contributed by atoms with van der Waals surface area (Å²) in [6.07, 6.45) is 4.73. The molecule has 6 heteroatoms. The molecule has 0 spiro atoms. The molecule has 0 radical (unpaired) electrons. The lowest BCUT2D eigenvalue weighted by molar-refractivity contribution is 0.0526. The standard InChI is InChI=1S/C26H32N2O4/c1-2-31-26(30)22-9-7-20(8-10-22)19-32-24-13-11-21(12-14-24)25(29)28-17-5-6-23(28)18-27-15-3-4-16-27/h7-14,23H,2-6,15-19H2,1H3/t23-/m0/s1. The predicted molar refractivity (Wildman–Crippen MR) is 123 cm³/mol. The number of hydrogen-bond donors (Lipinski definition) is 0. The van der Waals surface area contributed by atoms with E-state index in [0.29, 0.717) is 36.1 Å². The third-order valence-electron chi connectivity index (χ3n) is 6.28. The first-order valence-electron chi connectivity index (χ1n) is 11.7. The maximum atomic E-state index is 13.1. The van der Waals surface area contributed by atoms with Crippen molar-refractivity contribution < 1.29 is 19.1 Å². The summed E-state index contributed by atoms with van der Waals surface area (Å²) in [4.78, 5) is 29.4. The van der Waals surface area contributed by atoms with Gasteiger partial charge in [0.05, 0.1) is 12.2 Å². The van der Waals surface area contributed by atoms with E-state index >= 15 is 0 Å². The Hall–Kier alpha value is -2.86. The van der Waals surface area contributed by atoms with E-state index in [9.17, 15) is 9.59 Å². The number of carbonyl (C=O) groups excluding carboxylic acids is 2. The van der Waals surface area contributed by atoms with E-state index in [1.807, 2.05) is 36.4 Å². The number of rotatable bonds is 8. The first-order valence-corrected chi connectivity index (χ1v) is 11.7. The van der Waals surface area contributed by atoms with Crippen LogP contribution in [0.15, 0.2) is 48.5 Å². The van der Waals surface area contributed by atoms with Crippen LogP contribution in [0.2, 0.25) is 0 Å². The van der Waals surface area contributed by atoms with Gasteiger partial charge < -0.3 is 19.3 Å². The van der Waals surface area contributed by atoms with Gasteiger partial charge >= 0.3 is 5.97 Å². The molecule has 0 bridgehead atoms. The quantitative estimate of drug-likeness (QED) is 0.582. The molecule has 0 unspecified atom stereocenters.